The molecule has 0 saturated carbocycles. The summed E-state index contributed by atoms with van der Waals surface area (Å²) in [5.41, 5.74) is 4.54. The van der Waals surface area contributed by atoms with Crippen LogP contribution in [0.4, 0.5) is 5.69 Å². The number of carbonyl (C=O) groups excluding carboxylic acids is 1. The van der Waals surface area contributed by atoms with Crippen LogP contribution in [0.3, 0.4) is 0 Å². The number of hydrogen-bond acceptors (Lipinski definition) is 3. The largest absolute Gasteiger partial charge is 0.360 e. The summed E-state index contributed by atoms with van der Waals surface area (Å²) >= 11 is 0. The van der Waals surface area contributed by atoms with Crippen LogP contribution in [-0.4, -0.2) is 23.9 Å². The minimum Gasteiger partial charge on any atom is -0.360 e. The third kappa shape index (κ3) is 4.13. The van der Waals surface area contributed by atoms with Gasteiger partial charge in [0, 0.05) is 25.0 Å². The van der Waals surface area contributed by atoms with Crippen LogP contribution in [-0.2, 0) is 4.79 Å². The van der Waals surface area contributed by atoms with Crippen molar-refractivity contribution in [1.82, 2.24) is 4.90 Å². The normalized spacial score (nSPS) is 16.1. The first kappa shape index (κ1) is 17.1. The van der Waals surface area contributed by atoms with E-state index in [1.165, 1.54) is 5.56 Å². The Morgan fingerprint density at radius 1 is 1.26 bits per heavy atom. The lowest BCUT2D eigenvalue weighted by atomic mass is 9.99. The lowest BCUT2D eigenvalue weighted by molar-refractivity contribution is -0.128. The predicted molar refractivity (Wildman–Crippen MR) is 92.9 cm³/mol. The van der Waals surface area contributed by atoms with Gasteiger partial charge in [0.05, 0.1) is 0 Å². The molecule has 1 amide bonds. The molecule has 1 N–H and O–H groups in total. The first-order valence-corrected chi connectivity index (χ1v) is 8.16. The van der Waals surface area contributed by atoms with E-state index in [2.05, 4.69) is 31.3 Å². The number of nitrogens with zero attached hydrogens (tertiary/aromatic N) is 2. The Hall–Kier alpha value is -2.28. The summed E-state index contributed by atoms with van der Waals surface area (Å²) in [6.07, 6.45) is 3.56. The summed E-state index contributed by atoms with van der Waals surface area (Å²) in [6.45, 7) is 9.78. The summed E-state index contributed by atoms with van der Waals surface area (Å²) in [7, 11) is 0. The quantitative estimate of drug-likeness (QED) is 0.684. The Morgan fingerprint density at radius 2 is 1.83 bits per heavy atom. The molecule has 4 nitrogen and oxygen atoms in total. The highest BCUT2D eigenvalue weighted by atomic mass is 16.2. The molecule has 1 aromatic rings. The monoisotopic (exact) mass is 311 g/mol. The number of nitriles is 1. The Balaban J connectivity index is 2.14. The Labute approximate surface area is 138 Å². The molecule has 2 rings (SSSR count). The van der Waals surface area contributed by atoms with Crippen molar-refractivity contribution < 1.29 is 4.79 Å². The maximum atomic E-state index is 12.5. The molecule has 0 bridgehead atoms. The van der Waals surface area contributed by atoms with E-state index in [-0.39, 0.29) is 11.5 Å². The zero-order chi connectivity index (χ0) is 17.0. The summed E-state index contributed by atoms with van der Waals surface area (Å²) < 4.78 is 0. The number of aryl methyl sites for hydroxylation is 3. The molecule has 0 spiro atoms. The molecule has 0 aromatic heterocycles. The van der Waals surface area contributed by atoms with E-state index in [1.54, 1.807) is 11.1 Å². The van der Waals surface area contributed by atoms with E-state index in [9.17, 15) is 10.1 Å². The topological polar surface area (TPSA) is 56.1 Å². The average Bonchev–Trinajstić information content (AvgIpc) is 2.50. The number of nitrogens with one attached hydrogen (secondary N) is 1. The van der Waals surface area contributed by atoms with Gasteiger partial charge in [0.25, 0.3) is 5.91 Å². The molecule has 0 aliphatic carbocycles. The summed E-state index contributed by atoms with van der Waals surface area (Å²) in [4.78, 5) is 14.3. The summed E-state index contributed by atoms with van der Waals surface area (Å²) in [6, 6.07) is 6.21. The van der Waals surface area contributed by atoms with Gasteiger partial charge in [0.2, 0.25) is 0 Å². The van der Waals surface area contributed by atoms with Gasteiger partial charge in [0.15, 0.2) is 0 Å². The number of amides is 1. The van der Waals surface area contributed by atoms with Crippen molar-refractivity contribution in [2.24, 2.45) is 5.92 Å². The highest BCUT2D eigenvalue weighted by Gasteiger charge is 2.23. The van der Waals surface area contributed by atoms with E-state index in [1.807, 2.05) is 19.9 Å². The van der Waals surface area contributed by atoms with Crippen LogP contribution in [0.1, 0.15) is 36.5 Å². The average molecular weight is 311 g/mol. The number of anilines is 1. The van der Waals surface area contributed by atoms with Gasteiger partial charge in [-0.25, -0.2) is 0 Å². The minimum absolute atomic E-state index is 0.166. The van der Waals surface area contributed by atoms with Crippen LogP contribution in [0.5, 0.6) is 0 Å². The van der Waals surface area contributed by atoms with Gasteiger partial charge in [-0.15, -0.1) is 0 Å². The lowest BCUT2D eigenvalue weighted by Crippen LogP contribution is -2.38. The highest BCUT2D eigenvalue weighted by Crippen LogP contribution is 2.22. The number of rotatable bonds is 3. The second kappa shape index (κ2) is 7.32. The lowest BCUT2D eigenvalue weighted by Gasteiger charge is -2.30. The molecule has 122 valence electrons. The van der Waals surface area contributed by atoms with Crippen LogP contribution >= 0.6 is 0 Å². The molecule has 1 saturated heterocycles. The molecule has 0 atom stereocenters. The van der Waals surface area contributed by atoms with Gasteiger partial charge in [-0.2, -0.15) is 5.26 Å². The van der Waals surface area contributed by atoms with E-state index in [4.69, 9.17) is 0 Å². The number of likely N-dealkylation sites (tertiary alicyclic amines) is 1. The molecular weight excluding hydrogens is 286 g/mol. The van der Waals surface area contributed by atoms with Crippen molar-refractivity contribution >= 4 is 11.6 Å². The number of benzene rings is 1. The molecule has 1 aromatic carbocycles. The van der Waals surface area contributed by atoms with Crippen molar-refractivity contribution in [3.05, 3.63) is 40.6 Å². The van der Waals surface area contributed by atoms with Crippen LogP contribution < -0.4 is 5.32 Å². The third-order valence-electron chi connectivity index (χ3n) is 4.46. The van der Waals surface area contributed by atoms with E-state index in [0.29, 0.717) is 5.92 Å². The number of carbonyl (C=O) groups is 1. The fourth-order valence-corrected chi connectivity index (χ4v) is 3.08. The molecule has 1 aliphatic heterocycles. The van der Waals surface area contributed by atoms with Crippen LogP contribution in [0.25, 0.3) is 0 Å². The van der Waals surface area contributed by atoms with Crippen molar-refractivity contribution in [2.75, 3.05) is 18.4 Å². The Morgan fingerprint density at radius 3 is 2.35 bits per heavy atom. The van der Waals surface area contributed by atoms with Crippen molar-refractivity contribution in [3.63, 3.8) is 0 Å². The molecule has 1 fully saturated rings. The molecular formula is C19H25N3O. The number of piperidine rings is 1. The Bertz CT molecular complexity index is 639. The zero-order valence-corrected chi connectivity index (χ0v) is 14.4. The van der Waals surface area contributed by atoms with Gasteiger partial charge in [-0.05, 0) is 50.7 Å². The van der Waals surface area contributed by atoms with Crippen molar-refractivity contribution in [2.45, 2.75) is 40.5 Å². The molecule has 1 aliphatic rings. The standard InChI is InChI=1S/C19H25N3O/c1-13-5-7-22(8-6-13)19(23)17(11-20)12-21-18-15(3)9-14(2)10-16(18)4/h9-10,12-13,21H,5-8H2,1-4H3/b17-12-. The molecule has 4 heteroatoms. The molecule has 0 radical (unpaired) electrons. The van der Waals surface area contributed by atoms with E-state index >= 15 is 0 Å². The smallest absolute Gasteiger partial charge is 0.266 e. The van der Waals surface area contributed by atoms with Gasteiger partial charge >= 0.3 is 0 Å². The Kier molecular flexibility index (Phi) is 5.44. The summed E-state index contributed by atoms with van der Waals surface area (Å²) in [5.74, 6) is 0.485. The second-order valence-electron chi connectivity index (χ2n) is 6.56. The van der Waals surface area contributed by atoms with E-state index in [0.717, 1.165) is 42.7 Å². The van der Waals surface area contributed by atoms with Gasteiger partial charge in [-0.3, -0.25) is 4.79 Å². The van der Waals surface area contributed by atoms with Crippen LogP contribution in [0, 0.1) is 38.0 Å². The van der Waals surface area contributed by atoms with Crippen LogP contribution in [0.2, 0.25) is 0 Å². The number of hydrogen-bond donors (Lipinski definition) is 1. The maximum Gasteiger partial charge on any atom is 0.266 e. The second-order valence-corrected chi connectivity index (χ2v) is 6.56. The first-order valence-electron chi connectivity index (χ1n) is 8.16. The van der Waals surface area contributed by atoms with E-state index < -0.39 is 0 Å². The van der Waals surface area contributed by atoms with Gasteiger partial charge < -0.3 is 10.2 Å². The molecule has 23 heavy (non-hydrogen) atoms. The third-order valence-corrected chi connectivity index (χ3v) is 4.46. The first-order chi connectivity index (χ1) is 10.9. The fourth-order valence-electron chi connectivity index (χ4n) is 3.08. The maximum absolute atomic E-state index is 12.5. The molecule has 1 heterocycles. The van der Waals surface area contributed by atoms with Gasteiger partial charge in [-0.1, -0.05) is 24.6 Å². The highest BCUT2D eigenvalue weighted by molar-refractivity contribution is 5.97. The summed E-state index contributed by atoms with van der Waals surface area (Å²) in [5, 5.41) is 12.5. The van der Waals surface area contributed by atoms with Crippen molar-refractivity contribution in [3.8, 4) is 6.07 Å². The fraction of sp³-hybridized carbons (Fsp3) is 0.474. The SMILES string of the molecule is Cc1cc(C)c(N/C=C(/C#N)C(=O)N2CCC(C)CC2)c(C)c1. The van der Waals surface area contributed by atoms with Crippen molar-refractivity contribution in [1.29, 1.82) is 5.26 Å². The minimum atomic E-state index is -0.172. The zero-order valence-electron chi connectivity index (χ0n) is 14.4. The molecule has 0 unspecified atom stereocenters. The predicted octanol–water partition coefficient (Wildman–Crippen LogP) is 3.69. The van der Waals surface area contributed by atoms with Crippen LogP contribution in [0.15, 0.2) is 23.9 Å². The van der Waals surface area contributed by atoms with Gasteiger partial charge in [0.1, 0.15) is 11.6 Å².